The summed E-state index contributed by atoms with van der Waals surface area (Å²) in [5.74, 6) is -0.00572. The van der Waals surface area contributed by atoms with E-state index >= 15 is 0 Å². The lowest BCUT2D eigenvalue weighted by molar-refractivity contribution is 0.101. The first-order chi connectivity index (χ1) is 9.14. The molecule has 2 aromatic carbocycles. The highest BCUT2D eigenvalue weighted by Crippen LogP contribution is 2.52. The number of epoxide rings is 1. The number of alkyl halides is 1. The summed E-state index contributed by atoms with van der Waals surface area (Å²) in [7, 11) is 0. The van der Waals surface area contributed by atoms with E-state index in [-0.39, 0.29) is 5.78 Å². The van der Waals surface area contributed by atoms with Crippen LogP contribution in [0.5, 0.6) is 0 Å². The van der Waals surface area contributed by atoms with Crippen molar-refractivity contribution in [1.82, 2.24) is 0 Å². The lowest BCUT2D eigenvalue weighted by Crippen LogP contribution is -2.13. The second-order valence-corrected chi connectivity index (χ2v) is 4.67. The highest BCUT2D eigenvalue weighted by atomic mass is 19.2. The number of hydrogen-bond donors (Lipinski definition) is 0. The Morgan fingerprint density at radius 3 is 2.05 bits per heavy atom. The van der Waals surface area contributed by atoms with Crippen LogP contribution in [-0.2, 0) is 10.3 Å². The number of ketones is 1. The molecule has 1 fully saturated rings. The van der Waals surface area contributed by atoms with Gasteiger partial charge >= 0.3 is 0 Å². The van der Waals surface area contributed by atoms with Gasteiger partial charge in [0.15, 0.2) is 11.4 Å². The third kappa shape index (κ3) is 1.87. The maximum Gasteiger partial charge on any atom is 0.238 e. The topological polar surface area (TPSA) is 29.6 Å². The van der Waals surface area contributed by atoms with Crippen molar-refractivity contribution in [2.75, 3.05) is 0 Å². The van der Waals surface area contributed by atoms with Crippen molar-refractivity contribution in [2.24, 2.45) is 0 Å². The number of hydrogen-bond acceptors (Lipinski definition) is 2. The van der Waals surface area contributed by atoms with E-state index in [1.54, 1.807) is 24.3 Å². The Hall–Kier alpha value is -2.00. The molecule has 1 saturated heterocycles. The van der Waals surface area contributed by atoms with Gasteiger partial charge in [-0.3, -0.25) is 4.79 Å². The van der Waals surface area contributed by atoms with Gasteiger partial charge in [-0.15, -0.1) is 0 Å². The summed E-state index contributed by atoms with van der Waals surface area (Å²) in [4.78, 5) is 11.3. The van der Waals surface area contributed by atoms with Gasteiger partial charge in [0.1, 0.15) is 0 Å². The molecular weight excluding hydrogens is 243 g/mol. The molecule has 1 aliphatic rings. The van der Waals surface area contributed by atoms with Crippen LogP contribution in [0.3, 0.4) is 0 Å². The second-order valence-electron chi connectivity index (χ2n) is 4.67. The zero-order chi connectivity index (χ0) is 13.5. The quantitative estimate of drug-likeness (QED) is 0.621. The highest BCUT2D eigenvalue weighted by molar-refractivity contribution is 5.94. The predicted molar refractivity (Wildman–Crippen MR) is 69.6 cm³/mol. The highest BCUT2D eigenvalue weighted by Gasteiger charge is 2.60. The molecule has 3 rings (SSSR count). The van der Waals surface area contributed by atoms with E-state index in [1.165, 1.54) is 6.92 Å². The molecule has 2 aromatic rings. The average molecular weight is 256 g/mol. The molecule has 2 nitrogen and oxygen atoms in total. The zero-order valence-corrected chi connectivity index (χ0v) is 10.5. The van der Waals surface area contributed by atoms with Gasteiger partial charge in [0, 0.05) is 5.56 Å². The minimum absolute atomic E-state index is 0.00572. The smallest absolute Gasteiger partial charge is 0.238 e. The molecule has 0 spiro atoms. The van der Waals surface area contributed by atoms with Gasteiger partial charge < -0.3 is 4.74 Å². The fourth-order valence-electron chi connectivity index (χ4n) is 2.33. The molecule has 0 aromatic heterocycles. The number of ether oxygens (including phenoxy) is 1. The maximum absolute atomic E-state index is 13.8. The number of Topliss-reactive ketones (excluding diaryl/α,β-unsaturated/α-hetero) is 1. The summed E-state index contributed by atoms with van der Waals surface area (Å²) in [5, 5.41) is 0. The van der Waals surface area contributed by atoms with Crippen molar-refractivity contribution in [2.45, 2.75) is 18.9 Å². The standard InChI is InChI=1S/C16H13FO2/c1-11(18)12-7-9-14(10-8-12)16(15(17)19-16)13-5-3-2-4-6-13/h2-10,15H,1H3. The van der Waals surface area contributed by atoms with Crippen LogP contribution in [0.2, 0.25) is 0 Å². The largest absolute Gasteiger partial charge is 0.323 e. The van der Waals surface area contributed by atoms with Gasteiger partial charge in [0.2, 0.25) is 6.36 Å². The van der Waals surface area contributed by atoms with Crippen molar-refractivity contribution in [3.05, 3.63) is 71.3 Å². The van der Waals surface area contributed by atoms with E-state index in [0.29, 0.717) is 5.56 Å². The molecular formula is C16H13FO2. The predicted octanol–water partition coefficient (Wildman–Crippen LogP) is 3.46. The SMILES string of the molecule is CC(=O)c1ccc(C2(c3ccccc3)OC2F)cc1. The molecule has 0 amide bonds. The molecule has 1 heterocycles. The monoisotopic (exact) mass is 256 g/mol. The molecule has 96 valence electrons. The lowest BCUT2D eigenvalue weighted by Gasteiger charge is -2.12. The summed E-state index contributed by atoms with van der Waals surface area (Å²) >= 11 is 0. The van der Waals surface area contributed by atoms with Gasteiger partial charge in [0.25, 0.3) is 0 Å². The van der Waals surface area contributed by atoms with E-state index in [0.717, 1.165) is 11.1 Å². The van der Waals surface area contributed by atoms with Crippen LogP contribution in [0.1, 0.15) is 28.4 Å². The lowest BCUT2D eigenvalue weighted by atomic mass is 9.90. The van der Waals surface area contributed by atoms with Crippen LogP contribution >= 0.6 is 0 Å². The van der Waals surface area contributed by atoms with Gasteiger partial charge in [-0.2, -0.15) is 0 Å². The Morgan fingerprint density at radius 2 is 1.58 bits per heavy atom. The number of benzene rings is 2. The Morgan fingerprint density at radius 1 is 1.05 bits per heavy atom. The normalized spacial score (nSPS) is 25.1. The Bertz CT molecular complexity index is 606. The molecule has 3 heteroatoms. The van der Waals surface area contributed by atoms with Crippen LogP contribution in [0.15, 0.2) is 54.6 Å². The number of carbonyl (C=O) groups is 1. The number of rotatable bonds is 3. The molecule has 0 radical (unpaired) electrons. The van der Waals surface area contributed by atoms with E-state index < -0.39 is 12.0 Å². The van der Waals surface area contributed by atoms with E-state index in [9.17, 15) is 9.18 Å². The van der Waals surface area contributed by atoms with E-state index in [1.807, 2.05) is 30.3 Å². The minimum Gasteiger partial charge on any atom is -0.323 e. The molecule has 1 aliphatic heterocycles. The van der Waals surface area contributed by atoms with Crippen LogP contribution < -0.4 is 0 Å². The van der Waals surface area contributed by atoms with Crippen LogP contribution in [0, 0.1) is 0 Å². The Kier molecular flexibility index (Phi) is 2.72. The fourth-order valence-corrected chi connectivity index (χ4v) is 2.33. The van der Waals surface area contributed by atoms with Gasteiger partial charge in [-0.1, -0.05) is 54.6 Å². The van der Waals surface area contributed by atoms with Crippen LogP contribution in [0.25, 0.3) is 0 Å². The van der Waals surface area contributed by atoms with Crippen molar-refractivity contribution < 1.29 is 13.9 Å². The molecule has 0 saturated carbocycles. The first kappa shape index (κ1) is 12.1. The molecule has 0 aliphatic carbocycles. The van der Waals surface area contributed by atoms with Crippen LogP contribution in [0.4, 0.5) is 4.39 Å². The summed E-state index contributed by atoms with van der Waals surface area (Å²) in [6.45, 7) is 1.51. The third-order valence-electron chi connectivity index (χ3n) is 3.47. The summed E-state index contributed by atoms with van der Waals surface area (Å²) in [6.07, 6.45) is -1.34. The van der Waals surface area contributed by atoms with Crippen molar-refractivity contribution in [3.63, 3.8) is 0 Å². The summed E-state index contributed by atoms with van der Waals surface area (Å²) < 4.78 is 19.0. The average Bonchev–Trinajstić information content (AvgIpc) is 3.13. The summed E-state index contributed by atoms with van der Waals surface area (Å²) in [5.41, 5.74) is 1.13. The first-order valence-electron chi connectivity index (χ1n) is 6.13. The van der Waals surface area contributed by atoms with E-state index in [2.05, 4.69) is 0 Å². The summed E-state index contributed by atoms with van der Waals surface area (Å²) in [6, 6.07) is 16.2. The molecule has 2 unspecified atom stereocenters. The Labute approximate surface area is 110 Å². The molecule has 2 atom stereocenters. The van der Waals surface area contributed by atoms with Gasteiger partial charge in [0.05, 0.1) is 0 Å². The maximum atomic E-state index is 13.8. The molecule has 0 N–H and O–H groups in total. The van der Waals surface area contributed by atoms with Gasteiger partial charge in [-0.25, -0.2) is 4.39 Å². The number of carbonyl (C=O) groups excluding carboxylic acids is 1. The first-order valence-corrected chi connectivity index (χ1v) is 6.13. The van der Waals surface area contributed by atoms with Crippen molar-refractivity contribution >= 4 is 5.78 Å². The minimum atomic E-state index is -1.34. The fraction of sp³-hybridized carbons (Fsp3) is 0.188. The van der Waals surface area contributed by atoms with Crippen molar-refractivity contribution in [3.8, 4) is 0 Å². The third-order valence-corrected chi connectivity index (χ3v) is 3.47. The van der Waals surface area contributed by atoms with E-state index in [4.69, 9.17) is 4.74 Å². The zero-order valence-electron chi connectivity index (χ0n) is 10.5. The Balaban J connectivity index is 2.02. The van der Waals surface area contributed by atoms with Crippen molar-refractivity contribution in [1.29, 1.82) is 0 Å². The molecule has 19 heavy (non-hydrogen) atoms. The molecule has 0 bridgehead atoms. The number of halogens is 1. The van der Waals surface area contributed by atoms with Crippen LogP contribution in [-0.4, -0.2) is 12.1 Å². The van der Waals surface area contributed by atoms with Gasteiger partial charge in [-0.05, 0) is 18.1 Å². The second kappa shape index (κ2) is 4.28.